The summed E-state index contributed by atoms with van der Waals surface area (Å²) in [6.45, 7) is 2.86. The molecule has 0 spiro atoms. The fourth-order valence-electron chi connectivity index (χ4n) is 1.29. The first kappa shape index (κ1) is 13.6. The van der Waals surface area contributed by atoms with Gasteiger partial charge in [0.1, 0.15) is 6.04 Å². The highest BCUT2D eigenvalue weighted by molar-refractivity contribution is 5.97. The summed E-state index contributed by atoms with van der Waals surface area (Å²) >= 11 is 0. The van der Waals surface area contributed by atoms with Crippen LogP contribution >= 0.6 is 0 Å². The normalized spacial score (nSPS) is 11.7. The SMILES string of the molecule is Cc1ccc(C(=O)N[C@@H](C)C(=O)O)cc1[N+](=O)[O-]. The van der Waals surface area contributed by atoms with Crippen molar-refractivity contribution in [2.75, 3.05) is 0 Å². The average Bonchev–Trinajstić information content (AvgIpc) is 2.28. The van der Waals surface area contributed by atoms with Gasteiger partial charge in [-0.25, -0.2) is 0 Å². The molecule has 2 N–H and O–H groups in total. The Hall–Kier alpha value is -2.44. The van der Waals surface area contributed by atoms with Crippen LogP contribution in [0.15, 0.2) is 18.2 Å². The van der Waals surface area contributed by atoms with Crippen LogP contribution in [0.4, 0.5) is 5.69 Å². The molecule has 1 atom stereocenters. The Morgan fingerprint density at radius 2 is 2.06 bits per heavy atom. The van der Waals surface area contributed by atoms with Gasteiger partial charge in [0, 0.05) is 17.2 Å². The Morgan fingerprint density at radius 1 is 1.44 bits per heavy atom. The zero-order valence-corrected chi connectivity index (χ0v) is 9.84. The van der Waals surface area contributed by atoms with Crippen LogP contribution in [0.1, 0.15) is 22.8 Å². The van der Waals surface area contributed by atoms with Gasteiger partial charge in [-0.1, -0.05) is 6.07 Å². The molecular formula is C11H12N2O5. The fourth-order valence-corrected chi connectivity index (χ4v) is 1.29. The van der Waals surface area contributed by atoms with Crippen molar-refractivity contribution in [3.05, 3.63) is 39.4 Å². The van der Waals surface area contributed by atoms with Crippen LogP contribution in [0, 0.1) is 17.0 Å². The number of amides is 1. The Bertz CT molecular complexity index is 512. The molecule has 0 bridgehead atoms. The van der Waals surface area contributed by atoms with E-state index in [-0.39, 0.29) is 11.3 Å². The summed E-state index contributed by atoms with van der Waals surface area (Å²) in [5.74, 6) is -1.84. The molecule has 0 radical (unpaired) electrons. The van der Waals surface area contributed by atoms with E-state index in [4.69, 9.17) is 5.11 Å². The topological polar surface area (TPSA) is 110 Å². The van der Waals surface area contributed by atoms with E-state index in [1.165, 1.54) is 19.1 Å². The monoisotopic (exact) mass is 252 g/mol. The van der Waals surface area contributed by atoms with Crippen LogP contribution in [-0.2, 0) is 4.79 Å². The number of aliphatic carboxylic acids is 1. The highest BCUT2D eigenvalue weighted by atomic mass is 16.6. The van der Waals surface area contributed by atoms with Crippen LogP contribution in [0.25, 0.3) is 0 Å². The van der Waals surface area contributed by atoms with Gasteiger partial charge in [0.05, 0.1) is 4.92 Å². The van der Waals surface area contributed by atoms with E-state index in [2.05, 4.69) is 5.32 Å². The van der Waals surface area contributed by atoms with E-state index in [0.717, 1.165) is 6.07 Å². The number of benzene rings is 1. The molecule has 0 unspecified atom stereocenters. The molecule has 7 heteroatoms. The van der Waals surface area contributed by atoms with Crippen LogP contribution < -0.4 is 5.32 Å². The Morgan fingerprint density at radius 3 is 2.56 bits per heavy atom. The largest absolute Gasteiger partial charge is 0.480 e. The Balaban J connectivity index is 2.97. The summed E-state index contributed by atoms with van der Waals surface area (Å²) in [7, 11) is 0. The molecule has 96 valence electrons. The Labute approximate surface area is 103 Å². The summed E-state index contributed by atoms with van der Waals surface area (Å²) in [6, 6.07) is 2.92. The molecule has 1 aromatic carbocycles. The molecule has 0 aliphatic rings. The van der Waals surface area contributed by atoms with E-state index in [0.29, 0.717) is 5.56 Å². The standard InChI is InChI=1S/C11H12N2O5/c1-6-3-4-8(5-9(6)13(17)18)10(14)12-7(2)11(15)16/h3-5,7H,1-2H3,(H,12,14)(H,15,16)/t7-/m0/s1. The molecule has 7 nitrogen and oxygen atoms in total. The predicted octanol–water partition coefficient (Wildman–Crippen LogP) is 1.11. The number of carboxylic acid groups (broad SMARTS) is 1. The maximum atomic E-state index is 11.6. The second-order valence-electron chi connectivity index (χ2n) is 3.79. The molecular weight excluding hydrogens is 240 g/mol. The number of carbonyl (C=O) groups excluding carboxylic acids is 1. The number of carbonyl (C=O) groups is 2. The summed E-state index contributed by atoms with van der Waals surface area (Å²) in [5, 5.41) is 21.6. The number of nitro groups is 1. The third kappa shape index (κ3) is 3.03. The van der Waals surface area contributed by atoms with Gasteiger partial charge in [-0.3, -0.25) is 19.7 Å². The van der Waals surface area contributed by atoms with Gasteiger partial charge in [-0.15, -0.1) is 0 Å². The average molecular weight is 252 g/mol. The molecule has 1 amide bonds. The van der Waals surface area contributed by atoms with Crippen molar-refractivity contribution in [1.82, 2.24) is 5.32 Å². The van der Waals surface area contributed by atoms with Crippen LogP contribution in [-0.4, -0.2) is 27.9 Å². The third-order valence-electron chi connectivity index (χ3n) is 2.39. The van der Waals surface area contributed by atoms with Gasteiger partial charge < -0.3 is 10.4 Å². The first-order valence-corrected chi connectivity index (χ1v) is 5.11. The van der Waals surface area contributed by atoms with E-state index < -0.39 is 22.8 Å². The number of carboxylic acids is 1. The van der Waals surface area contributed by atoms with Crippen molar-refractivity contribution in [1.29, 1.82) is 0 Å². The first-order valence-electron chi connectivity index (χ1n) is 5.11. The lowest BCUT2D eigenvalue weighted by atomic mass is 10.1. The highest BCUT2D eigenvalue weighted by Gasteiger charge is 2.18. The van der Waals surface area contributed by atoms with E-state index in [1.54, 1.807) is 6.92 Å². The second kappa shape index (κ2) is 5.26. The molecule has 0 saturated carbocycles. The van der Waals surface area contributed by atoms with Crippen molar-refractivity contribution in [3.8, 4) is 0 Å². The number of nitrogens with one attached hydrogen (secondary N) is 1. The second-order valence-corrected chi connectivity index (χ2v) is 3.79. The molecule has 18 heavy (non-hydrogen) atoms. The van der Waals surface area contributed by atoms with Crippen LogP contribution in [0.3, 0.4) is 0 Å². The van der Waals surface area contributed by atoms with Gasteiger partial charge in [0.2, 0.25) is 0 Å². The molecule has 1 aromatic rings. The van der Waals surface area contributed by atoms with Crippen molar-refractivity contribution in [2.45, 2.75) is 19.9 Å². The van der Waals surface area contributed by atoms with Crippen LogP contribution in [0.2, 0.25) is 0 Å². The van der Waals surface area contributed by atoms with Crippen molar-refractivity contribution >= 4 is 17.6 Å². The maximum absolute atomic E-state index is 11.6. The number of nitrogens with zero attached hydrogens (tertiary/aromatic N) is 1. The molecule has 0 fully saturated rings. The van der Waals surface area contributed by atoms with E-state index in [1.807, 2.05) is 0 Å². The molecule has 0 aromatic heterocycles. The summed E-state index contributed by atoms with van der Waals surface area (Å²) in [5.41, 5.74) is 0.314. The fraction of sp³-hybridized carbons (Fsp3) is 0.273. The maximum Gasteiger partial charge on any atom is 0.325 e. The third-order valence-corrected chi connectivity index (χ3v) is 2.39. The lowest BCUT2D eigenvalue weighted by Crippen LogP contribution is -2.38. The molecule has 0 aliphatic carbocycles. The lowest BCUT2D eigenvalue weighted by molar-refractivity contribution is -0.385. The highest BCUT2D eigenvalue weighted by Crippen LogP contribution is 2.19. The quantitative estimate of drug-likeness (QED) is 0.616. The van der Waals surface area contributed by atoms with Gasteiger partial charge in [0.25, 0.3) is 11.6 Å². The summed E-state index contributed by atoms with van der Waals surface area (Å²) in [6.07, 6.45) is 0. The summed E-state index contributed by atoms with van der Waals surface area (Å²) < 4.78 is 0. The molecule has 0 heterocycles. The predicted molar refractivity (Wildman–Crippen MR) is 62.4 cm³/mol. The minimum absolute atomic E-state index is 0.0559. The van der Waals surface area contributed by atoms with Gasteiger partial charge in [-0.05, 0) is 19.9 Å². The van der Waals surface area contributed by atoms with E-state index >= 15 is 0 Å². The smallest absolute Gasteiger partial charge is 0.325 e. The minimum atomic E-state index is -1.18. The van der Waals surface area contributed by atoms with Crippen LogP contribution in [0.5, 0.6) is 0 Å². The minimum Gasteiger partial charge on any atom is -0.480 e. The number of hydrogen-bond donors (Lipinski definition) is 2. The van der Waals surface area contributed by atoms with Crippen molar-refractivity contribution < 1.29 is 19.6 Å². The molecule has 0 saturated heterocycles. The van der Waals surface area contributed by atoms with Gasteiger partial charge in [-0.2, -0.15) is 0 Å². The van der Waals surface area contributed by atoms with Crippen molar-refractivity contribution in [3.63, 3.8) is 0 Å². The number of nitro benzene ring substituents is 1. The first-order chi connectivity index (χ1) is 8.32. The zero-order chi connectivity index (χ0) is 13.9. The number of hydrogen-bond acceptors (Lipinski definition) is 4. The lowest BCUT2D eigenvalue weighted by Gasteiger charge is -2.09. The summed E-state index contributed by atoms with van der Waals surface area (Å²) in [4.78, 5) is 32.3. The van der Waals surface area contributed by atoms with E-state index in [9.17, 15) is 19.7 Å². The number of rotatable bonds is 4. The molecule has 1 rings (SSSR count). The molecule has 0 aliphatic heterocycles. The Kier molecular flexibility index (Phi) is 3.98. The zero-order valence-electron chi connectivity index (χ0n) is 9.84. The number of aryl methyl sites for hydroxylation is 1. The van der Waals surface area contributed by atoms with Crippen molar-refractivity contribution in [2.24, 2.45) is 0 Å². The van der Waals surface area contributed by atoms with Gasteiger partial charge >= 0.3 is 5.97 Å². The van der Waals surface area contributed by atoms with Gasteiger partial charge in [0.15, 0.2) is 0 Å².